The van der Waals surface area contributed by atoms with Crippen LogP contribution in [0.15, 0.2) is 71.9 Å². The van der Waals surface area contributed by atoms with Gasteiger partial charge in [-0.15, -0.1) is 6.58 Å². The maximum atomic E-state index is 13.3. The van der Waals surface area contributed by atoms with E-state index in [2.05, 4.69) is 28.6 Å². The third-order valence-corrected chi connectivity index (χ3v) is 6.07. The van der Waals surface area contributed by atoms with Gasteiger partial charge in [0.25, 0.3) is 5.91 Å². The molecule has 0 spiro atoms. The quantitative estimate of drug-likeness (QED) is 0.457. The van der Waals surface area contributed by atoms with Crippen LogP contribution in [0.5, 0.6) is 5.75 Å². The highest BCUT2D eigenvalue weighted by Gasteiger charge is 2.31. The van der Waals surface area contributed by atoms with E-state index < -0.39 is 0 Å². The summed E-state index contributed by atoms with van der Waals surface area (Å²) in [4.78, 5) is 21.9. The fraction of sp³-hybridized carbons (Fsp3) is 0.280. The lowest BCUT2D eigenvalue weighted by Gasteiger charge is -2.28. The van der Waals surface area contributed by atoms with Gasteiger partial charge < -0.3 is 14.4 Å². The number of nitrogens with zero attached hydrogens (tertiary/aromatic N) is 3. The van der Waals surface area contributed by atoms with Crippen molar-refractivity contribution in [3.05, 3.63) is 72.4 Å². The van der Waals surface area contributed by atoms with Crippen LogP contribution < -0.4 is 14.5 Å². The summed E-state index contributed by atoms with van der Waals surface area (Å²) in [5.74, 6) is 1.30. The Labute approximate surface area is 193 Å². The summed E-state index contributed by atoms with van der Waals surface area (Å²) < 4.78 is 10.9. The number of hydrogen-bond donors (Lipinski definition) is 0. The van der Waals surface area contributed by atoms with Crippen molar-refractivity contribution in [2.24, 2.45) is 4.99 Å². The Morgan fingerprint density at radius 2 is 1.78 bits per heavy atom. The number of hydrogen-bond acceptors (Lipinski definition) is 6. The molecule has 4 rings (SSSR count). The second kappa shape index (κ2) is 10.5. The molecule has 0 N–H and O–H groups in total. The highest BCUT2D eigenvalue weighted by molar-refractivity contribution is 8.14. The molecule has 0 atom stereocenters. The van der Waals surface area contributed by atoms with Crippen LogP contribution in [0.1, 0.15) is 12.5 Å². The van der Waals surface area contributed by atoms with Crippen molar-refractivity contribution in [1.82, 2.24) is 0 Å². The molecule has 6 nitrogen and oxygen atoms in total. The van der Waals surface area contributed by atoms with E-state index in [0.29, 0.717) is 23.2 Å². The second-order valence-corrected chi connectivity index (χ2v) is 8.27. The molecule has 7 heteroatoms. The molecule has 1 saturated heterocycles. The molecule has 0 aromatic heterocycles. The maximum Gasteiger partial charge on any atom is 0.283 e. The van der Waals surface area contributed by atoms with Gasteiger partial charge in [0.15, 0.2) is 5.17 Å². The van der Waals surface area contributed by atoms with Gasteiger partial charge in [-0.2, -0.15) is 0 Å². The molecule has 0 aliphatic carbocycles. The van der Waals surface area contributed by atoms with E-state index in [1.165, 1.54) is 11.8 Å². The maximum absolute atomic E-state index is 13.3. The lowest BCUT2D eigenvalue weighted by atomic mass is 10.1. The van der Waals surface area contributed by atoms with E-state index in [4.69, 9.17) is 9.47 Å². The number of amides is 1. The fourth-order valence-electron chi connectivity index (χ4n) is 3.57. The Morgan fingerprint density at radius 3 is 2.44 bits per heavy atom. The van der Waals surface area contributed by atoms with Crippen LogP contribution in [0, 0.1) is 0 Å². The van der Waals surface area contributed by atoms with Crippen LogP contribution in [0.4, 0.5) is 11.4 Å². The van der Waals surface area contributed by atoms with Crippen LogP contribution in [0.25, 0.3) is 6.08 Å². The fourth-order valence-corrected chi connectivity index (χ4v) is 4.32. The molecular weight excluding hydrogens is 422 g/mol. The smallest absolute Gasteiger partial charge is 0.283 e. The largest absolute Gasteiger partial charge is 0.494 e. The van der Waals surface area contributed by atoms with E-state index in [9.17, 15) is 4.79 Å². The Morgan fingerprint density at radius 1 is 1.09 bits per heavy atom. The van der Waals surface area contributed by atoms with Crippen LogP contribution in [0.3, 0.4) is 0 Å². The lowest BCUT2D eigenvalue weighted by Crippen LogP contribution is -2.36. The highest BCUT2D eigenvalue weighted by Crippen LogP contribution is 2.31. The van der Waals surface area contributed by atoms with Crippen LogP contribution in [-0.2, 0) is 9.53 Å². The summed E-state index contributed by atoms with van der Waals surface area (Å²) in [6.45, 7) is 9.61. The van der Waals surface area contributed by atoms with E-state index in [1.54, 1.807) is 11.0 Å². The van der Waals surface area contributed by atoms with E-state index in [1.807, 2.05) is 49.4 Å². The molecule has 0 unspecified atom stereocenters. The van der Waals surface area contributed by atoms with Gasteiger partial charge in [-0.3, -0.25) is 9.69 Å². The summed E-state index contributed by atoms with van der Waals surface area (Å²) in [7, 11) is 0. The standard InChI is InChI=1S/C25H27N3O3S/c1-3-17-32-25-26-23(24(29)28(25)21-9-11-22(12-10-21)31-4-2)18-19-5-7-20(8-6-19)27-13-15-30-16-14-27/h3,5-12,18H,1,4,13-17H2,2H3/b23-18-. The predicted molar refractivity (Wildman–Crippen MR) is 133 cm³/mol. The van der Waals surface area contributed by atoms with Crippen molar-refractivity contribution >= 4 is 40.3 Å². The number of rotatable bonds is 7. The summed E-state index contributed by atoms with van der Waals surface area (Å²) in [6.07, 6.45) is 3.65. The third-order valence-electron chi connectivity index (χ3n) is 5.14. The highest BCUT2D eigenvalue weighted by atomic mass is 32.2. The second-order valence-electron chi connectivity index (χ2n) is 7.28. The molecule has 2 aliphatic rings. The molecule has 0 saturated carbocycles. The van der Waals surface area contributed by atoms with Gasteiger partial charge in [-0.25, -0.2) is 4.99 Å². The number of anilines is 2. The number of amidine groups is 1. The monoisotopic (exact) mass is 449 g/mol. The van der Waals surface area contributed by atoms with Crippen LogP contribution in [-0.4, -0.2) is 49.7 Å². The molecule has 32 heavy (non-hydrogen) atoms. The Balaban J connectivity index is 1.56. The summed E-state index contributed by atoms with van der Waals surface area (Å²) in [6, 6.07) is 15.7. The zero-order valence-electron chi connectivity index (χ0n) is 18.2. The first-order valence-electron chi connectivity index (χ1n) is 10.7. The number of morpholine rings is 1. The van der Waals surface area contributed by atoms with Crippen molar-refractivity contribution in [3.8, 4) is 5.75 Å². The van der Waals surface area contributed by atoms with Gasteiger partial charge in [-0.05, 0) is 55.0 Å². The molecular formula is C25H27N3O3S. The van der Waals surface area contributed by atoms with E-state index in [0.717, 1.165) is 49.0 Å². The zero-order chi connectivity index (χ0) is 22.3. The number of ether oxygens (including phenoxy) is 2. The summed E-state index contributed by atoms with van der Waals surface area (Å²) in [5.41, 5.74) is 3.29. The average Bonchev–Trinajstić information content (AvgIpc) is 3.14. The first-order valence-corrected chi connectivity index (χ1v) is 11.7. The van der Waals surface area contributed by atoms with E-state index in [-0.39, 0.29) is 5.91 Å². The van der Waals surface area contributed by atoms with Gasteiger partial charge in [0.2, 0.25) is 0 Å². The first-order chi connectivity index (χ1) is 15.7. The van der Waals surface area contributed by atoms with Crippen molar-refractivity contribution in [2.45, 2.75) is 6.92 Å². The Hall–Kier alpha value is -3.03. The van der Waals surface area contributed by atoms with Crippen molar-refractivity contribution in [2.75, 3.05) is 48.5 Å². The van der Waals surface area contributed by atoms with Gasteiger partial charge in [0, 0.05) is 24.5 Å². The molecule has 2 aromatic carbocycles. The molecule has 0 bridgehead atoms. The normalized spacial score (nSPS) is 17.6. The number of aliphatic imine (C=N–C) groups is 1. The average molecular weight is 450 g/mol. The van der Waals surface area contributed by atoms with Crippen LogP contribution >= 0.6 is 11.8 Å². The molecule has 2 aliphatic heterocycles. The minimum atomic E-state index is -0.141. The van der Waals surface area contributed by atoms with Crippen molar-refractivity contribution < 1.29 is 14.3 Å². The number of carbonyl (C=O) groups is 1. The van der Waals surface area contributed by atoms with Crippen molar-refractivity contribution in [3.63, 3.8) is 0 Å². The molecule has 0 radical (unpaired) electrons. The Kier molecular flexibility index (Phi) is 7.29. The SMILES string of the molecule is C=CCSC1=N/C(=C\c2ccc(N3CCOCC3)cc2)C(=O)N1c1ccc(OCC)cc1. The summed E-state index contributed by atoms with van der Waals surface area (Å²) in [5, 5.41) is 0.648. The minimum Gasteiger partial charge on any atom is -0.494 e. The zero-order valence-corrected chi connectivity index (χ0v) is 19.0. The third kappa shape index (κ3) is 5.06. The number of benzene rings is 2. The van der Waals surface area contributed by atoms with E-state index >= 15 is 0 Å². The molecule has 1 amide bonds. The van der Waals surface area contributed by atoms with Crippen LogP contribution in [0.2, 0.25) is 0 Å². The Bertz CT molecular complexity index is 1010. The topological polar surface area (TPSA) is 54.4 Å². The number of carbonyl (C=O) groups excluding carboxylic acids is 1. The molecule has 1 fully saturated rings. The minimum absolute atomic E-state index is 0.141. The molecule has 166 valence electrons. The number of thioether (sulfide) groups is 1. The van der Waals surface area contributed by atoms with Gasteiger partial charge in [0.1, 0.15) is 11.4 Å². The van der Waals surface area contributed by atoms with Crippen molar-refractivity contribution in [1.29, 1.82) is 0 Å². The first kappa shape index (κ1) is 22.2. The van der Waals surface area contributed by atoms with Gasteiger partial charge >= 0.3 is 0 Å². The van der Waals surface area contributed by atoms with Gasteiger partial charge in [-0.1, -0.05) is 30.0 Å². The predicted octanol–water partition coefficient (Wildman–Crippen LogP) is 4.58. The molecule has 2 aromatic rings. The lowest BCUT2D eigenvalue weighted by molar-refractivity contribution is -0.113. The van der Waals surface area contributed by atoms with Gasteiger partial charge in [0.05, 0.1) is 25.5 Å². The summed E-state index contributed by atoms with van der Waals surface area (Å²) >= 11 is 1.49. The molecule has 2 heterocycles.